The maximum absolute atomic E-state index is 14.2. The third kappa shape index (κ3) is 5.01. The first-order valence-corrected chi connectivity index (χ1v) is 13.7. The van der Waals surface area contributed by atoms with Gasteiger partial charge in [-0.2, -0.15) is 0 Å². The molecule has 6 heteroatoms. The Morgan fingerprint density at radius 1 is 0.862 bits per heavy atom. The standard InChI is InChI=1S/C23H30O4P2/c1-3-26-29(25,27-4-2)23-17-11-12-20(23)18-19-28(24,21-13-7-5-8-14-21)22-15-9-6-10-16-22/h5-10,13-16,18-20,23H,3-4,11-12,17H2,1-2H3/b19-18+. The molecule has 0 N–H and O–H groups in total. The molecular weight excluding hydrogens is 402 g/mol. The molecule has 29 heavy (non-hydrogen) atoms. The molecule has 1 saturated carbocycles. The summed E-state index contributed by atoms with van der Waals surface area (Å²) in [6.07, 6.45) is 4.66. The van der Waals surface area contributed by atoms with Gasteiger partial charge in [0.25, 0.3) is 0 Å². The summed E-state index contributed by atoms with van der Waals surface area (Å²) in [5.74, 6) is 1.88. The van der Waals surface area contributed by atoms with Gasteiger partial charge in [0.2, 0.25) is 0 Å². The van der Waals surface area contributed by atoms with Gasteiger partial charge in [0.05, 0.1) is 18.9 Å². The molecule has 0 saturated heterocycles. The van der Waals surface area contributed by atoms with Gasteiger partial charge in [-0.25, -0.2) is 0 Å². The van der Waals surface area contributed by atoms with Crippen LogP contribution in [0.4, 0.5) is 0 Å². The largest absolute Gasteiger partial charge is 0.334 e. The molecule has 156 valence electrons. The summed E-state index contributed by atoms with van der Waals surface area (Å²) in [4.78, 5) is 0. The van der Waals surface area contributed by atoms with Crippen LogP contribution in [0.1, 0.15) is 33.1 Å². The number of benzene rings is 2. The van der Waals surface area contributed by atoms with Crippen molar-refractivity contribution in [3.05, 3.63) is 72.6 Å². The number of rotatable bonds is 9. The van der Waals surface area contributed by atoms with E-state index in [1.54, 1.807) is 0 Å². The van der Waals surface area contributed by atoms with Gasteiger partial charge in [-0.05, 0) is 38.4 Å². The maximum Gasteiger partial charge on any atom is 0.334 e. The summed E-state index contributed by atoms with van der Waals surface area (Å²) in [5.41, 5.74) is -0.182. The van der Waals surface area contributed by atoms with Crippen molar-refractivity contribution < 1.29 is 18.2 Å². The maximum atomic E-state index is 14.2. The fourth-order valence-corrected chi connectivity index (χ4v) is 8.76. The van der Waals surface area contributed by atoms with Gasteiger partial charge in [0.15, 0.2) is 7.14 Å². The highest BCUT2D eigenvalue weighted by molar-refractivity contribution is 7.81. The molecule has 0 heterocycles. The van der Waals surface area contributed by atoms with Gasteiger partial charge in [0, 0.05) is 10.6 Å². The minimum atomic E-state index is -3.19. The molecular formula is C23H30O4P2. The van der Waals surface area contributed by atoms with Crippen LogP contribution in [0.3, 0.4) is 0 Å². The Bertz CT molecular complexity index is 842. The second-order valence-corrected chi connectivity index (χ2v) is 12.1. The van der Waals surface area contributed by atoms with Crippen molar-refractivity contribution in [1.82, 2.24) is 0 Å². The highest BCUT2D eigenvalue weighted by Gasteiger charge is 2.43. The van der Waals surface area contributed by atoms with Crippen LogP contribution in [0.25, 0.3) is 0 Å². The van der Waals surface area contributed by atoms with E-state index in [0.29, 0.717) is 13.2 Å². The van der Waals surface area contributed by atoms with Crippen LogP contribution in [0, 0.1) is 5.92 Å². The molecule has 3 rings (SSSR count). The topological polar surface area (TPSA) is 52.6 Å². The highest BCUT2D eigenvalue weighted by atomic mass is 31.2. The molecule has 0 bridgehead atoms. The van der Waals surface area contributed by atoms with Gasteiger partial charge in [-0.3, -0.25) is 4.57 Å². The van der Waals surface area contributed by atoms with Crippen LogP contribution < -0.4 is 10.6 Å². The second-order valence-electron chi connectivity index (χ2n) is 7.21. The molecule has 1 aliphatic carbocycles. The van der Waals surface area contributed by atoms with E-state index in [9.17, 15) is 9.13 Å². The lowest BCUT2D eigenvalue weighted by Crippen LogP contribution is -2.18. The van der Waals surface area contributed by atoms with Crippen molar-refractivity contribution in [3.8, 4) is 0 Å². The number of allylic oxidation sites excluding steroid dienone is 1. The van der Waals surface area contributed by atoms with Gasteiger partial charge >= 0.3 is 7.60 Å². The van der Waals surface area contributed by atoms with Crippen molar-refractivity contribution in [3.63, 3.8) is 0 Å². The predicted molar refractivity (Wildman–Crippen MR) is 121 cm³/mol. The van der Waals surface area contributed by atoms with Crippen LogP contribution in [0.15, 0.2) is 72.6 Å². The molecule has 2 atom stereocenters. The zero-order valence-corrected chi connectivity index (χ0v) is 18.9. The summed E-state index contributed by atoms with van der Waals surface area (Å²) < 4.78 is 38.7. The fraction of sp³-hybridized carbons (Fsp3) is 0.391. The third-order valence-corrected chi connectivity index (χ3v) is 10.8. The van der Waals surface area contributed by atoms with Gasteiger partial charge in [-0.1, -0.05) is 73.2 Å². The van der Waals surface area contributed by atoms with Crippen molar-refractivity contribution in [2.45, 2.75) is 38.8 Å². The van der Waals surface area contributed by atoms with E-state index >= 15 is 0 Å². The van der Waals surface area contributed by atoms with E-state index in [0.717, 1.165) is 29.9 Å². The van der Waals surface area contributed by atoms with Crippen LogP contribution in [-0.2, 0) is 18.2 Å². The fourth-order valence-electron chi connectivity index (χ4n) is 4.03. The average Bonchev–Trinajstić information content (AvgIpc) is 3.23. The van der Waals surface area contributed by atoms with Crippen LogP contribution in [0.2, 0.25) is 0 Å². The molecule has 0 amide bonds. The molecule has 4 nitrogen and oxygen atoms in total. The molecule has 2 aromatic rings. The Kier molecular flexibility index (Phi) is 7.71. The Labute approximate surface area is 174 Å². The lowest BCUT2D eigenvalue weighted by atomic mass is 10.1. The summed E-state index contributed by atoms with van der Waals surface area (Å²) in [6, 6.07) is 19.2. The third-order valence-electron chi connectivity index (χ3n) is 5.38. The van der Waals surface area contributed by atoms with E-state index in [2.05, 4.69) is 0 Å². The second kappa shape index (κ2) is 10.0. The zero-order valence-electron chi connectivity index (χ0n) is 17.1. The molecule has 0 radical (unpaired) electrons. The molecule has 1 fully saturated rings. The molecule has 2 unspecified atom stereocenters. The van der Waals surface area contributed by atoms with Crippen LogP contribution in [-0.4, -0.2) is 18.9 Å². The first kappa shape index (κ1) is 22.2. The van der Waals surface area contributed by atoms with Crippen LogP contribution >= 0.6 is 14.7 Å². The Balaban J connectivity index is 1.95. The molecule has 1 aliphatic rings. The molecule has 0 aromatic heterocycles. The van der Waals surface area contributed by atoms with E-state index in [-0.39, 0.29) is 11.6 Å². The van der Waals surface area contributed by atoms with Crippen molar-refractivity contribution in [2.75, 3.05) is 13.2 Å². The van der Waals surface area contributed by atoms with Crippen LogP contribution in [0.5, 0.6) is 0 Å². The minimum Gasteiger partial charge on any atom is -0.309 e. The highest BCUT2D eigenvalue weighted by Crippen LogP contribution is 2.60. The van der Waals surface area contributed by atoms with Gasteiger partial charge in [0.1, 0.15) is 0 Å². The lowest BCUT2D eigenvalue weighted by Gasteiger charge is -2.26. The molecule has 0 spiro atoms. The van der Waals surface area contributed by atoms with E-state index in [1.807, 2.05) is 86.4 Å². The number of hydrogen-bond acceptors (Lipinski definition) is 4. The summed E-state index contributed by atoms with van der Waals surface area (Å²) in [7, 11) is -6.13. The summed E-state index contributed by atoms with van der Waals surface area (Å²) in [6.45, 7) is 4.39. The minimum absolute atomic E-state index is 0.0275. The Hall–Kier alpha value is -1.44. The van der Waals surface area contributed by atoms with E-state index in [1.165, 1.54) is 0 Å². The smallest absolute Gasteiger partial charge is 0.309 e. The summed E-state index contributed by atoms with van der Waals surface area (Å²) in [5, 5.41) is 1.60. The SMILES string of the molecule is CCOP(=O)(OCC)C1CCCC1/C=C/P(=O)(c1ccccc1)c1ccccc1. The monoisotopic (exact) mass is 432 g/mol. The summed E-state index contributed by atoms with van der Waals surface area (Å²) >= 11 is 0. The quantitative estimate of drug-likeness (QED) is 0.460. The zero-order chi connectivity index (χ0) is 20.7. The van der Waals surface area contributed by atoms with Gasteiger partial charge in [-0.15, -0.1) is 0 Å². The Morgan fingerprint density at radius 3 is 1.86 bits per heavy atom. The predicted octanol–water partition coefficient (Wildman–Crippen LogP) is 5.95. The molecule has 0 aliphatic heterocycles. The van der Waals surface area contributed by atoms with Crippen molar-refractivity contribution in [1.29, 1.82) is 0 Å². The van der Waals surface area contributed by atoms with Crippen molar-refractivity contribution in [2.24, 2.45) is 5.92 Å². The van der Waals surface area contributed by atoms with E-state index < -0.39 is 14.7 Å². The number of hydrogen-bond donors (Lipinski definition) is 0. The van der Waals surface area contributed by atoms with Crippen molar-refractivity contribution >= 4 is 25.3 Å². The van der Waals surface area contributed by atoms with E-state index in [4.69, 9.17) is 9.05 Å². The normalized spacial score (nSPS) is 20.3. The molecule has 2 aromatic carbocycles. The lowest BCUT2D eigenvalue weighted by molar-refractivity contribution is 0.209. The van der Waals surface area contributed by atoms with Gasteiger partial charge < -0.3 is 13.6 Å². The first-order valence-electron chi connectivity index (χ1n) is 10.3. The first-order chi connectivity index (χ1) is 14.0. The average molecular weight is 432 g/mol. The Morgan fingerprint density at radius 2 is 1.38 bits per heavy atom.